The molecule has 0 aliphatic carbocycles. The van der Waals surface area contributed by atoms with Gasteiger partial charge in [0.2, 0.25) is 0 Å². The highest BCUT2D eigenvalue weighted by Gasteiger charge is 2.23. The van der Waals surface area contributed by atoms with Gasteiger partial charge in [-0.1, -0.05) is 0 Å². The summed E-state index contributed by atoms with van der Waals surface area (Å²) in [4.78, 5) is 3.57. The SMILES string of the molecule is CN=C(C(N)=CN)S(=O)(=O)N(C)C. The van der Waals surface area contributed by atoms with E-state index in [4.69, 9.17) is 11.5 Å². The fraction of sp³-hybridized carbons (Fsp3) is 0.500. The van der Waals surface area contributed by atoms with Gasteiger partial charge in [-0.3, -0.25) is 4.99 Å². The van der Waals surface area contributed by atoms with E-state index in [1.165, 1.54) is 21.1 Å². The predicted octanol–water partition coefficient (Wildman–Crippen LogP) is -1.34. The Balaban J connectivity index is 5.29. The molecule has 0 fully saturated rings. The van der Waals surface area contributed by atoms with Crippen molar-refractivity contribution in [3.8, 4) is 0 Å². The Labute approximate surface area is 78.0 Å². The van der Waals surface area contributed by atoms with Crippen LogP contribution in [0.25, 0.3) is 0 Å². The minimum atomic E-state index is -3.59. The minimum Gasteiger partial charge on any atom is -0.403 e. The van der Waals surface area contributed by atoms with Crippen LogP contribution in [0.3, 0.4) is 0 Å². The molecular formula is C6H14N4O2S. The van der Waals surface area contributed by atoms with Crippen LogP contribution in [0.1, 0.15) is 0 Å². The normalized spacial score (nSPS) is 15.1. The number of sulfonamides is 1. The van der Waals surface area contributed by atoms with Crippen LogP contribution in [-0.2, 0) is 10.0 Å². The van der Waals surface area contributed by atoms with Gasteiger partial charge in [0.25, 0.3) is 10.0 Å². The summed E-state index contributed by atoms with van der Waals surface area (Å²) in [5, 5.41) is -0.222. The van der Waals surface area contributed by atoms with Crippen molar-refractivity contribution < 1.29 is 8.42 Å². The number of nitrogens with two attached hydrogens (primary N) is 2. The number of hydrogen-bond donors (Lipinski definition) is 2. The first-order valence-electron chi connectivity index (χ1n) is 3.45. The molecule has 7 heteroatoms. The van der Waals surface area contributed by atoms with Crippen LogP contribution in [0.2, 0.25) is 0 Å². The van der Waals surface area contributed by atoms with Gasteiger partial charge >= 0.3 is 0 Å². The van der Waals surface area contributed by atoms with Gasteiger partial charge in [0.1, 0.15) is 0 Å². The molecule has 0 bridgehead atoms. The maximum absolute atomic E-state index is 11.5. The quantitative estimate of drug-likeness (QED) is 0.431. The molecule has 0 unspecified atom stereocenters. The summed E-state index contributed by atoms with van der Waals surface area (Å²) in [6.07, 6.45) is 1.00. The van der Waals surface area contributed by atoms with Crippen molar-refractivity contribution in [3.63, 3.8) is 0 Å². The highest BCUT2D eigenvalue weighted by Crippen LogP contribution is 2.03. The Bertz CT molecular complexity index is 329. The van der Waals surface area contributed by atoms with E-state index in [0.717, 1.165) is 10.5 Å². The number of rotatable bonds is 2. The van der Waals surface area contributed by atoms with E-state index in [1.807, 2.05) is 0 Å². The lowest BCUT2D eigenvalue weighted by molar-refractivity contribution is 0.534. The van der Waals surface area contributed by atoms with E-state index in [2.05, 4.69) is 4.99 Å². The second kappa shape index (κ2) is 4.24. The van der Waals surface area contributed by atoms with E-state index in [9.17, 15) is 8.42 Å². The van der Waals surface area contributed by atoms with Crippen molar-refractivity contribution in [2.24, 2.45) is 16.5 Å². The zero-order chi connectivity index (χ0) is 10.6. The Morgan fingerprint density at radius 3 is 2.15 bits per heavy atom. The summed E-state index contributed by atoms with van der Waals surface area (Å²) in [5.41, 5.74) is 10.4. The summed E-state index contributed by atoms with van der Waals surface area (Å²) >= 11 is 0. The van der Waals surface area contributed by atoms with Gasteiger partial charge in [-0.05, 0) is 0 Å². The average molecular weight is 206 g/mol. The van der Waals surface area contributed by atoms with Crippen molar-refractivity contribution in [2.45, 2.75) is 0 Å². The summed E-state index contributed by atoms with van der Waals surface area (Å²) < 4.78 is 24.0. The molecule has 0 radical (unpaired) electrons. The van der Waals surface area contributed by atoms with Gasteiger partial charge in [-0.2, -0.15) is 0 Å². The molecule has 0 aromatic carbocycles. The monoisotopic (exact) mass is 206 g/mol. The fourth-order valence-electron chi connectivity index (χ4n) is 0.638. The molecule has 0 aliphatic heterocycles. The molecule has 13 heavy (non-hydrogen) atoms. The van der Waals surface area contributed by atoms with Crippen LogP contribution in [-0.4, -0.2) is 38.9 Å². The molecule has 0 atom stereocenters. The van der Waals surface area contributed by atoms with Crippen molar-refractivity contribution in [3.05, 3.63) is 11.9 Å². The lowest BCUT2D eigenvalue weighted by atomic mass is 10.5. The van der Waals surface area contributed by atoms with Gasteiger partial charge in [-0.15, -0.1) is 0 Å². The molecule has 4 N–H and O–H groups in total. The van der Waals surface area contributed by atoms with E-state index in [-0.39, 0.29) is 10.7 Å². The molecule has 76 valence electrons. The van der Waals surface area contributed by atoms with Crippen LogP contribution >= 0.6 is 0 Å². The fourth-order valence-corrected chi connectivity index (χ4v) is 1.58. The molecule has 0 saturated carbocycles. The standard InChI is InChI=1S/C6H14N4O2S/c1-9-6(5(8)4-7)13(11,12)10(2)3/h4H,7-8H2,1-3H3. The largest absolute Gasteiger partial charge is 0.403 e. The Morgan fingerprint density at radius 2 is 1.92 bits per heavy atom. The Hall–Kier alpha value is -1.08. The van der Waals surface area contributed by atoms with Crippen LogP contribution in [0.15, 0.2) is 16.9 Å². The Kier molecular flexibility index (Phi) is 3.89. The summed E-state index contributed by atoms with van der Waals surface area (Å²) in [6, 6.07) is 0. The summed E-state index contributed by atoms with van der Waals surface area (Å²) in [6.45, 7) is 0. The summed E-state index contributed by atoms with van der Waals surface area (Å²) in [7, 11) is 0.536. The van der Waals surface area contributed by atoms with Crippen molar-refractivity contribution in [1.82, 2.24) is 4.31 Å². The topological polar surface area (TPSA) is 102 Å². The molecule has 0 rings (SSSR count). The zero-order valence-electron chi connectivity index (χ0n) is 7.85. The predicted molar refractivity (Wildman–Crippen MR) is 52.4 cm³/mol. The van der Waals surface area contributed by atoms with E-state index >= 15 is 0 Å². The second-order valence-electron chi connectivity index (χ2n) is 2.44. The number of aliphatic imine (C=N–C) groups is 1. The lowest BCUT2D eigenvalue weighted by Gasteiger charge is -2.12. The molecule has 0 aromatic rings. The van der Waals surface area contributed by atoms with Crippen LogP contribution in [0, 0.1) is 0 Å². The van der Waals surface area contributed by atoms with Gasteiger partial charge < -0.3 is 11.5 Å². The molecule has 0 heterocycles. The minimum absolute atomic E-state index is 0.0591. The zero-order valence-corrected chi connectivity index (χ0v) is 8.67. The van der Waals surface area contributed by atoms with Gasteiger partial charge in [0, 0.05) is 27.3 Å². The van der Waals surface area contributed by atoms with Crippen LogP contribution < -0.4 is 11.5 Å². The van der Waals surface area contributed by atoms with Crippen molar-refractivity contribution >= 4 is 15.1 Å². The van der Waals surface area contributed by atoms with Crippen LogP contribution in [0.4, 0.5) is 0 Å². The Morgan fingerprint density at radius 1 is 1.46 bits per heavy atom. The third-order valence-corrected chi connectivity index (χ3v) is 3.22. The van der Waals surface area contributed by atoms with E-state index in [0.29, 0.717) is 0 Å². The van der Waals surface area contributed by atoms with E-state index in [1.54, 1.807) is 0 Å². The van der Waals surface area contributed by atoms with Gasteiger partial charge in [0.05, 0.1) is 5.70 Å². The molecule has 0 spiro atoms. The molecule has 6 nitrogen and oxygen atoms in total. The molecule has 0 amide bonds. The molecule has 0 aromatic heterocycles. The number of nitrogens with zero attached hydrogens (tertiary/aromatic N) is 2. The summed E-state index contributed by atoms with van der Waals surface area (Å²) in [5.74, 6) is 0. The van der Waals surface area contributed by atoms with E-state index < -0.39 is 10.0 Å². The third-order valence-electron chi connectivity index (χ3n) is 1.35. The second-order valence-corrected chi connectivity index (χ2v) is 4.51. The average Bonchev–Trinajstić information content (AvgIpc) is 2.04. The first-order chi connectivity index (χ1) is 5.87. The molecule has 0 saturated heterocycles. The highest BCUT2D eigenvalue weighted by molar-refractivity contribution is 8.04. The third kappa shape index (κ3) is 2.43. The molecular weight excluding hydrogens is 192 g/mol. The van der Waals surface area contributed by atoms with Crippen LogP contribution in [0.5, 0.6) is 0 Å². The van der Waals surface area contributed by atoms with Gasteiger partial charge in [-0.25, -0.2) is 12.7 Å². The highest BCUT2D eigenvalue weighted by atomic mass is 32.2. The first kappa shape index (κ1) is 11.9. The first-order valence-corrected chi connectivity index (χ1v) is 4.89. The van der Waals surface area contributed by atoms with Crippen molar-refractivity contribution in [2.75, 3.05) is 21.1 Å². The van der Waals surface area contributed by atoms with Gasteiger partial charge in [0.15, 0.2) is 5.04 Å². The maximum atomic E-state index is 11.5. The van der Waals surface area contributed by atoms with Crippen molar-refractivity contribution in [1.29, 1.82) is 0 Å². The maximum Gasteiger partial charge on any atom is 0.261 e. The smallest absolute Gasteiger partial charge is 0.261 e. The molecule has 0 aliphatic rings. The lowest BCUT2D eigenvalue weighted by Crippen LogP contribution is -2.33. The number of hydrogen-bond acceptors (Lipinski definition) is 5.